The number of rotatable bonds is 3. The van der Waals surface area contributed by atoms with Gasteiger partial charge in [-0.05, 0) is 18.2 Å². The number of ether oxygens (including phenoxy) is 1. The van der Waals surface area contributed by atoms with Crippen LogP contribution in [0.1, 0.15) is 6.42 Å². The van der Waals surface area contributed by atoms with Crippen LogP contribution in [-0.2, 0) is 4.79 Å². The molecule has 5 heteroatoms. The SMILES string of the molecule is O=C(O)[C@@H]1CC(Oc2cccc(Cl)c2)CN1. The summed E-state index contributed by atoms with van der Waals surface area (Å²) in [5.74, 6) is -0.164. The average molecular weight is 242 g/mol. The molecule has 1 fully saturated rings. The molecule has 86 valence electrons. The maximum atomic E-state index is 10.7. The van der Waals surface area contributed by atoms with E-state index in [1.54, 1.807) is 24.3 Å². The molecular formula is C11H12ClNO3. The van der Waals surface area contributed by atoms with Crippen molar-refractivity contribution in [3.8, 4) is 5.75 Å². The van der Waals surface area contributed by atoms with Crippen molar-refractivity contribution < 1.29 is 14.6 Å². The van der Waals surface area contributed by atoms with Gasteiger partial charge in [0, 0.05) is 18.0 Å². The van der Waals surface area contributed by atoms with Gasteiger partial charge in [-0.1, -0.05) is 17.7 Å². The van der Waals surface area contributed by atoms with Crippen molar-refractivity contribution in [2.24, 2.45) is 0 Å². The molecule has 4 nitrogen and oxygen atoms in total. The topological polar surface area (TPSA) is 58.6 Å². The van der Waals surface area contributed by atoms with Gasteiger partial charge in [0.1, 0.15) is 17.9 Å². The van der Waals surface area contributed by atoms with Gasteiger partial charge in [0.15, 0.2) is 0 Å². The first-order valence-electron chi connectivity index (χ1n) is 5.03. The Kier molecular flexibility index (Phi) is 3.31. The van der Waals surface area contributed by atoms with Crippen molar-refractivity contribution in [1.82, 2.24) is 5.32 Å². The average Bonchev–Trinajstić information content (AvgIpc) is 2.66. The van der Waals surface area contributed by atoms with Gasteiger partial charge in [-0.15, -0.1) is 0 Å². The highest BCUT2D eigenvalue weighted by Gasteiger charge is 2.30. The summed E-state index contributed by atoms with van der Waals surface area (Å²) in [5.41, 5.74) is 0. The lowest BCUT2D eigenvalue weighted by molar-refractivity contribution is -0.139. The zero-order chi connectivity index (χ0) is 11.5. The first-order valence-corrected chi connectivity index (χ1v) is 5.41. The summed E-state index contributed by atoms with van der Waals surface area (Å²) in [6.45, 7) is 0.545. The van der Waals surface area contributed by atoms with E-state index in [0.29, 0.717) is 23.7 Å². The van der Waals surface area contributed by atoms with E-state index in [2.05, 4.69) is 5.32 Å². The largest absolute Gasteiger partial charge is 0.489 e. The van der Waals surface area contributed by atoms with E-state index in [1.807, 2.05) is 0 Å². The second kappa shape index (κ2) is 4.72. The fourth-order valence-electron chi connectivity index (χ4n) is 1.71. The van der Waals surface area contributed by atoms with Crippen LogP contribution in [0.2, 0.25) is 5.02 Å². The molecule has 2 rings (SSSR count). The van der Waals surface area contributed by atoms with E-state index in [9.17, 15) is 4.79 Å². The van der Waals surface area contributed by atoms with E-state index in [4.69, 9.17) is 21.4 Å². The van der Waals surface area contributed by atoms with Gasteiger partial charge >= 0.3 is 5.97 Å². The number of carboxylic acids is 1. The molecule has 1 saturated heterocycles. The van der Waals surface area contributed by atoms with Crippen LogP contribution in [0, 0.1) is 0 Å². The number of hydrogen-bond acceptors (Lipinski definition) is 3. The Balaban J connectivity index is 1.94. The van der Waals surface area contributed by atoms with Crippen LogP contribution >= 0.6 is 11.6 Å². The van der Waals surface area contributed by atoms with Gasteiger partial charge in [-0.25, -0.2) is 0 Å². The molecule has 2 N–H and O–H groups in total. The number of carboxylic acid groups (broad SMARTS) is 1. The Morgan fingerprint density at radius 1 is 1.56 bits per heavy atom. The van der Waals surface area contributed by atoms with E-state index < -0.39 is 12.0 Å². The van der Waals surface area contributed by atoms with Gasteiger partial charge < -0.3 is 15.2 Å². The Hall–Kier alpha value is -1.26. The quantitative estimate of drug-likeness (QED) is 0.843. The van der Waals surface area contributed by atoms with Crippen LogP contribution < -0.4 is 10.1 Å². The van der Waals surface area contributed by atoms with Crippen LogP contribution in [-0.4, -0.2) is 29.8 Å². The van der Waals surface area contributed by atoms with Crippen LogP contribution in [0.5, 0.6) is 5.75 Å². The molecule has 2 atom stereocenters. The lowest BCUT2D eigenvalue weighted by Crippen LogP contribution is -2.30. The zero-order valence-corrected chi connectivity index (χ0v) is 9.28. The normalized spacial score (nSPS) is 24.3. The highest BCUT2D eigenvalue weighted by atomic mass is 35.5. The Labute approximate surface area is 98.2 Å². The third-order valence-corrected chi connectivity index (χ3v) is 2.72. The lowest BCUT2D eigenvalue weighted by atomic mass is 10.2. The van der Waals surface area contributed by atoms with E-state index in [-0.39, 0.29) is 6.10 Å². The molecule has 0 spiro atoms. The third kappa shape index (κ3) is 2.65. The fraction of sp³-hybridized carbons (Fsp3) is 0.364. The predicted octanol–water partition coefficient (Wildman–Crippen LogP) is 1.53. The lowest BCUT2D eigenvalue weighted by Gasteiger charge is -2.12. The molecule has 1 aromatic rings. The van der Waals surface area contributed by atoms with Gasteiger partial charge in [0.25, 0.3) is 0 Å². The molecule has 0 amide bonds. The monoisotopic (exact) mass is 241 g/mol. The van der Waals surface area contributed by atoms with Crippen molar-refractivity contribution in [3.05, 3.63) is 29.3 Å². The summed E-state index contributed by atoms with van der Waals surface area (Å²) in [6, 6.07) is 6.58. The molecule has 0 saturated carbocycles. The standard InChI is InChI=1S/C11H12ClNO3/c12-7-2-1-3-8(4-7)16-9-5-10(11(14)15)13-6-9/h1-4,9-10,13H,5-6H2,(H,14,15)/t9?,10-/m0/s1. The second-order valence-electron chi connectivity index (χ2n) is 3.73. The number of aliphatic carboxylic acids is 1. The number of hydrogen-bond donors (Lipinski definition) is 2. The molecule has 0 radical (unpaired) electrons. The summed E-state index contributed by atoms with van der Waals surface area (Å²) < 4.78 is 5.63. The van der Waals surface area contributed by atoms with Crippen LogP contribution in [0.15, 0.2) is 24.3 Å². The molecule has 1 aliphatic heterocycles. The van der Waals surface area contributed by atoms with Gasteiger partial charge in [-0.3, -0.25) is 4.79 Å². The molecular weight excluding hydrogens is 230 g/mol. The van der Waals surface area contributed by atoms with E-state index in [0.717, 1.165) is 0 Å². The van der Waals surface area contributed by atoms with Gasteiger partial charge in [0.05, 0.1) is 0 Å². The maximum Gasteiger partial charge on any atom is 0.320 e. The Bertz CT molecular complexity index is 397. The highest BCUT2D eigenvalue weighted by Crippen LogP contribution is 2.21. The van der Waals surface area contributed by atoms with Crippen LogP contribution in [0.3, 0.4) is 0 Å². The molecule has 0 aromatic heterocycles. The Morgan fingerprint density at radius 3 is 3.00 bits per heavy atom. The Morgan fingerprint density at radius 2 is 2.38 bits per heavy atom. The molecule has 1 heterocycles. The predicted molar refractivity (Wildman–Crippen MR) is 59.9 cm³/mol. The number of benzene rings is 1. The second-order valence-corrected chi connectivity index (χ2v) is 4.17. The van der Waals surface area contributed by atoms with Gasteiger partial charge in [0.2, 0.25) is 0 Å². The summed E-state index contributed by atoms with van der Waals surface area (Å²) in [4.78, 5) is 10.7. The molecule has 1 unspecified atom stereocenters. The van der Waals surface area contributed by atoms with Crippen molar-refractivity contribution in [2.45, 2.75) is 18.6 Å². The zero-order valence-electron chi connectivity index (χ0n) is 8.52. The molecule has 1 aromatic carbocycles. The maximum absolute atomic E-state index is 10.7. The molecule has 0 aliphatic carbocycles. The highest BCUT2D eigenvalue weighted by molar-refractivity contribution is 6.30. The van der Waals surface area contributed by atoms with Crippen molar-refractivity contribution in [2.75, 3.05) is 6.54 Å². The summed E-state index contributed by atoms with van der Waals surface area (Å²) in [7, 11) is 0. The van der Waals surface area contributed by atoms with Crippen molar-refractivity contribution in [1.29, 1.82) is 0 Å². The summed E-state index contributed by atoms with van der Waals surface area (Å²) >= 11 is 5.82. The van der Waals surface area contributed by atoms with Crippen molar-refractivity contribution >= 4 is 17.6 Å². The smallest absolute Gasteiger partial charge is 0.320 e. The van der Waals surface area contributed by atoms with Crippen LogP contribution in [0.4, 0.5) is 0 Å². The first-order chi connectivity index (χ1) is 7.65. The number of halogens is 1. The number of carbonyl (C=O) groups is 1. The van der Waals surface area contributed by atoms with Crippen molar-refractivity contribution in [3.63, 3.8) is 0 Å². The summed E-state index contributed by atoms with van der Waals surface area (Å²) in [5, 5.41) is 12.3. The fourth-order valence-corrected chi connectivity index (χ4v) is 1.89. The summed E-state index contributed by atoms with van der Waals surface area (Å²) in [6.07, 6.45) is 0.363. The third-order valence-electron chi connectivity index (χ3n) is 2.49. The molecule has 0 bridgehead atoms. The molecule has 1 aliphatic rings. The van der Waals surface area contributed by atoms with Gasteiger partial charge in [-0.2, -0.15) is 0 Å². The minimum absolute atomic E-state index is 0.112. The van der Waals surface area contributed by atoms with E-state index in [1.165, 1.54) is 0 Å². The first kappa shape index (κ1) is 11.2. The molecule has 16 heavy (non-hydrogen) atoms. The minimum Gasteiger partial charge on any atom is -0.489 e. The van der Waals surface area contributed by atoms with Crippen LogP contribution in [0.25, 0.3) is 0 Å². The minimum atomic E-state index is -0.836. The van der Waals surface area contributed by atoms with E-state index >= 15 is 0 Å². The number of nitrogens with one attached hydrogen (secondary N) is 1.